The number of piperidine rings is 1. The van der Waals surface area contributed by atoms with Crippen LogP contribution in [-0.2, 0) is 19.6 Å². The molecular formula is C19H21BrN4O4S. The third-order valence-electron chi connectivity index (χ3n) is 4.62. The molecule has 0 unspecified atom stereocenters. The molecule has 0 aliphatic carbocycles. The summed E-state index contributed by atoms with van der Waals surface area (Å²) in [7, 11) is -3.65. The summed E-state index contributed by atoms with van der Waals surface area (Å²) in [4.78, 5) is 27.8. The monoisotopic (exact) mass is 480 g/mol. The average molecular weight is 481 g/mol. The second-order valence-corrected chi connectivity index (χ2v) is 9.59. The number of halogens is 1. The standard InChI is InChI=1S/C19H21BrN4O4S/c1-13(25)22-16-3-5-17(6-4-16)29(27,28)24-10-8-14(9-11-24)19(26)23-18-7-2-15(20)12-21-18/h2-7,12,14H,8-11H2,1H3,(H,22,25)(H,21,23,26). The number of pyridine rings is 1. The van der Waals surface area contributed by atoms with Crippen molar-refractivity contribution in [3.8, 4) is 0 Å². The number of anilines is 2. The van der Waals surface area contributed by atoms with E-state index < -0.39 is 10.0 Å². The Morgan fingerprint density at radius 1 is 1.07 bits per heavy atom. The first-order valence-electron chi connectivity index (χ1n) is 9.06. The summed E-state index contributed by atoms with van der Waals surface area (Å²) in [6, 6.07) is 9.54. The summed E-state index contributed by atoms with van der Waals surface area (Å²) in [5.74, 6) is -0.183. The summed E-state index contributed by atoms with van der Waals surface area (Å²) >= 11 is 3.29. The number of hydrogen-bond donors (Lipinski definition) is 2. The minimum absolute atomic E-state index is 0.156. The lowest BCUT2D eigenvalue weighted by atomic mass is 9.97. The molecule has 0 spiro atoms. The van der Waals surface area contributed by atoms with E-state index in [0.29, 0.717) is 24.3 Å². The Hall–Kier alpha value is -2.30. The average Bonchev–Trinajstić information content (AvgIpc) is 2.70. The van der Waals surface area contributed by atoms with E-state index in [9.17, 15) is 18.0 Å². The van der Waals surface area contributed by atoms with Gasteiger partial charge in [0.25, 0.3) is 0 Å². The van der Waals surface area contributed by atoms with Crippen LogP contribution in [0.15, 0.2) is 52.0 Å². The van der Waals surface area contributed by atoms with Gasteiger partial charge in [-0.15, -0.1) is 0 Å². The number of sulfonamides is 1. The Morgan fingerprint density at radius 3 is 2.28 bits per heavy atom. The fraction of sp³-hybridized carbons (Fsp3) is 0.316. The fourth-order valence-corrected chi connectivity index (χ4v) is 4.80. The Labute approximate surface area is 177 Å². The number of nitrogens with one attached hydrogen (secondary N) is 2. The number of rotatable bonds is 5. The summed E-state index contributed by atoms with van der Waals surface area (Å²) in [6.07, 6.45) is 2.47. The molecule has 0 saturated carbocycles. The van der Waals surface area contributed by atoms with E-state index in [2.05, 4.69) is 31.5 Å². The van der Waals surface area contributed by atoms with Gasteiger partial charge in [0.1, 0.15) is 5.82 Å². The number of amides is 2. The van der Waals surface area contributed by atoms with Crippen molar-refractivity contribution in [3.63, 3.8) is 0 Å². The van der Waals surface area contributed by atoms with Crippen LogP contribution < -0.4 is 10.6 Å². The molecule has 1 aliphatic rings. The molecule has 0 radical (unpaired) electrons. The maximum Gasteiger partial charge on any atom is 0.243 e. The minimum atomic E-state index is -3.65. The van der Waals surface area contributed by atoms with Crippen LogP contribution in [0.5, 0.6) is 0 Å². The molecule has 2 heterocycles. The summed E-state index contributed by atoms with van der Waals surface area (Å²) in [5, 5.41) is 5.38. The molecule has 2 aromatic rings. The third-order valence-corrected chi connectivity index (χ3v) is 7.00. The van der Waals surface area contributed by atoms with Crippen LogP contribution in [0.3, 0.4) is 0 Å². The molecule has 8 nitrogen and oxygen atoms in total. The highest BCUT2D eigenvalue weighted by Crippen LogP contribution is 2.25. The second-order valence-electron chi connectivity index (χ2n) is 6.73. The molecule has 29 heavy (non-hydrogen) atoms. The van der Waals surface area contributed by atoms with Crippen molar-refractivity contribution in [1.29, 1.82) is 0 Å². The molecule has 1 aromatic carbocycles. The second kappa shape index (κ2) is 9.02. The molecule has 1 aromatic heterocycles. The predicted molar refractivity (Wildman–Crippen MR) is 113 cm³/mol. The van der Waals surface area contributed by atoms with Gasteiger partial charge in [-0.25, -0.2) is 13.4 Å². The van der Waals surface area contributed by atoms with Gasteiger partial charge < -0.3 is 10.6 Å². The van der Waals surface area contributed by atoms with Crippen LogP contribution in [0.25, 0.3) is 0 Å². The highest BCUT2D eigenvalue weighted by atomic mass is 79.9. The number of carbonyl (C=O) groups is 2. The number of aromatic nitrogens is 1. The molecule has 0 atom stereocenters. The highest BCUT2D eigenvalue weighted by Gasteiger charge is 2.32. The molecule has 1 aliphatic heterocycles. The minimum Gasteiger partial charge on any atom is -0.326 e. The molecule has 1 fully saturated rings. The van der Waals surface area contributed by atoms with Crippen molar-refractivity contribution in [2.75, 3.05) is 23.7 Å². The van der Waals surface area contributed by atoms with Crippen LogP contribution in [-0.4, -0.2) is 42.6 Å². The van der Waals surface area contributed by atoms with Gasteiger partial charge in [0.05, 0.1) is 4.90 Å². The fourth-order valence-electron chi connectivity index (χ4n) is 3.10. The van der Waals surface area contributed by atoms with Crippen LogP contribution in [0.1, 0.15) is 19.8 Å². The number of benzene rings is 1. The molecule has 1 saturated heterocycles. The lowest BCUT2D eigenvalue weighted by molar-refractivity contribution is -0.121. The Bertz CT molecular complexity index is 986. The SMILES string of the molecule is CC(=O)Nc1ccc(S(=O)(=O)N2CCC(C(=O)Nc3ccc(Br)cn3)CC2)cc1. The number of hydrogen-bond acceptors (Lipinski definition) is 5. The first-order chi connectivity index (χ1) is 13.8. The van der Waals surface area contributed by atoms with E-state index >= 15 is 0 Å². The maximum absolute atomic E-state index is 12.8. The van der Waals surface area contributed by atoms with Crippen molar-refractivity contribution in [3.05, 3.63) is 47.1 Å². The van der Waals surface area contributed by atoms with Crippen molar-refractivity contribution in [2.45, 2.75) is 24.7 Å². The van der Waals surface area contributed by atoms with Crippen LogP contribution >= 0.6 is 15.9 Å². The number of nitrogens with zero attached hydrogens (tertiary/aromatic N) is 2. The Balaban J connectivity index is 1.59. The Morgan fingerprint density at radius 2 is 1.72 bits per heavy atom. The maximum atomic E-state index is 12.8. The van der Waals surface area contributed by atoms with Gasteiger partial charge >= 0.3 is 0 Å². The van der Waals surface area contributed by atoms with Gasteiger partial charge in [0.15, 0.2) is 0 Å². The molecule has 3 rings (SSSR count). The lowest BCUT2D eigenvalue weighted by Gasteiger charge is -2.30. The molecule has 2 amide bonds. The number of carbonyl (C=O) groups excluding carboxylic acids is 2. The van der Waals surface area contributed by atoms with Gasteiger partial charge in [0, 0.05) is 42.3 Å². The van der Waals surface area contributed by atoms with E-state index in [1.807, 2.05) is 0 Å². The van der Waals surface area contributed by atoms with E-state index in [4.69, 9.17) is 0 Å². The van der Waals surface area contributed by atoms with E-state index in [1.165, 1.54) is 23.4 Å². The summed E-state index contributed by atoms with van der Waals surface area (Å²) < 4.78 is 27.9. The van der Waals surface area contributed by atoms with Gasteiger partial charge in [0.2, 0.25) is 21.8 Å². The van der Waals surface area contributed by atoms with Gasteiger partial charge in [-0.2, -0.15) is 4.31 Å². The lowest BCUT2D eigenvalue weighted by Crippen LogP contribution is -2.41. The third kappa shape index (κ3) is 5.40. The van der Waals surface area contributed by atoms with Crippen molar-refractivity contribution in [2.24, 2.45) is 5.92 Å². The van der Waals surface area contributed by atoms with E-state index in [-0.39, 0.29) is 35.7 Å². The summed E-state index contributed by atoms with van der Waals surface area (Å²) in [5.41, 5.74) is 0.536. The summed E-state index contributed by atoms with van der Waals surface area (Å²) in [6.45, 7) is 1.92. The Kier molecular flexibility index (Phi) is 6.66. The van der Waals surface area contributed by atoms with Gasteiger partial charge in [-0.1, -0.05) is 0 Å². The van der Waals surface area contributed by atoms with Crippen LogP contribution in [0, 0.1) is 5.92 Å². The van der Waals surface area contributed by atoms with Gasteiger partial charge in [-0.3, -0.25) is 9.59 Å². The predicted octanol–water partition coefficient (Wildman–Crippen LogP) is 2.84. The molecule has 154 valence electrons. The molecule has 0 bridgehead atoms. The topological polar surface area (TPSA) is 108 Å². The highest BCUT2D eigenvalue weighted by molar-refractivity contribution is 9.10. The zero-order chi connectivity index (χ0) is 21.0. The van der Waals surface area contributed by atoms with Gasteiger partial charge in [-0.05, 0) is 65.2 Å². The molecule has 10 heteroatoms. The largest absolute Gasteiger partial charge is 0.326 e. The zero-order valence-corrected chi connectivity index (χ0v) is 18.2. The normalized spacial score (nSPS) is 15.7. The van der Waals surface area contributed by atoms with E-state index in [0.717, 1.165) is 4.47 Å². The van der Waals surface area contributed by atoms with Crippen LogP contribution in [0.2, 0.25) is 0 Å². The van der Waals surface area contributed by atoms with Crippen LogP contribution in [0.4, 0.5) is 11.5 Å². The van der Waals surface area contributed by atoms with Crippen molar-refractivity contribution in [1.82, 2.24) is 9.29 Å². The van der Waals surface area contributed by atoms with E-state index in [1.54, 1.807) is 30.5 Å². The van der Waals surface area contributed by atoms with Crippen molar-refractivity contribution >= 4 is 49.3 Å². The smallest absolute Gasteiger partial charge is 0.243 e. The van der Waals surface area contributed by atoms with Crippen molar-refractivity contribution < 1.29 is 18.0 Å². The molecular weight excluding hydrogens is 460 g/mol. The first kappa shape index (κ1) is 21.4. The zero-order valence-electron chi connectivity index (χ0n) is 15.8. The first-order valence-corrected chi connectivity index (χ1v) is 11.3. The molecule has 2 N–H and O–H groups in total. The quantitative estimate of drug-likeness (QED) is 0.683.